The Morgan fingerprint density at radius 2 is 2.00 bits per heavy atom. The average Bonchev–Trinajstić information content (AvgIpc) is 2.80. The Bertz CT molecular complexity index is 514. The van der Waals surface area contributed by atoms with Crippen molar-refractivity contribution in [2.75, 3.05) is 6.61 Å². The van der Waals surface area contributed by atoms with Crippen molar-refractivity contribution in [3.05, 3.63) is 35.9 Å². The Kier molecular flexibility index (Phi) is 5.31. The van der Waals surface area contributed by atoms with E-state index in [0.29, 0.717) is 6.61 Å². The minimum atomic E-state index is -0.763. The van der Waals surface area contributed by atoms with E-state index in [9.17, 15) is 14.4 Å². The number of hydrogen-bond acceptors (Lipinski definition) is 5. The van der Waals surface area contributed by atoms with Gasteiger partial charge in [0.15, 0.2) is 0 Å². The summed E-state index contributed by atoms with van der Waals surface area (Å²) in [5.74, 6) is -1.02. The first-order valence-electron chi connectivity index (χ1n) is 6.87. The molecule has 1 saturated heterocycles. The Labute approximate surface area is 122 Å². The van der Waals surface area contributed by atoms with Crippen molar-refractivity contribution < 1.29 is 23.9 Å². The van der Waals surface area contributed by atoms with Gasteiger partial charge in [0.05, 0.1) is 6.61 Å². The van der Waals surface area contributed by atoms with E-state index in [4.69, 9.17) is 4.74 Å². The zero-order valence-electron chi connectivity index (χ0n) is 11.5. The van der Waals surface area contributed by atoms with Crippen LogP contribution in [0.2, 0.25) is 0 Å². The van der Waals surface area contributed by atoms with Crippen molar-refractivity contribution >= 4 is 18.0 Å². The molecule has 0 saturated carbocycles. The largest absolute Gasteiger partial charge is 0.466 e. The lowest BCUT2D eigenvalue weighted by Crippen LogP contribution is -2.29. The van der Waals surface area contributed by atoms with E-state index in [1.165, 1.54) is 5.56 Å². The molecule has 1 aromatic rings. The summed E-state index contributed by atoms with van der Waals surface area (Å²) in [4.78, 5) is 33.5. The van der Waals surface area contributed by atoms with E-state index in [2.05, 4.69) is 10.1 Å². The number of ether oxygens (including phenoxy) is 2. The first kappa shape index (κ1) is 15.0. The molecule has 112 valence electrons. The van der Waals surface area contributed by atoms with Crippen LogP contribution < -0.4 is 5.32 Å². The van der Waals surface area contributed by atoms with Crippen molar-refractivity contribution in [2.45, 2.75) is 31.7 Å². The Morgan fingerprint density at radius 1 is 1.24 bits per heavy atom. The molecule has 0 radical (unpaired) electrons. The van der Waals surface area contributed by atoms with E-state index in [1.807, 2.05) is 30.3 Å². The fraction of sp³-hybridized carbons (Fsp3) is 0.400. The molecule has 6 heteroatoms. The van der Waals surface area contributed by atoms with Crippen LogP contribution in [0.5, 0.6) is 0 Å². The van der Waals surface area contributed by atoms with Gasteiger partial charge in [-0.1, -0.05) is 30.3 Å². The maximum Gasteiger partial charge on any atom is 0.415 e. The fourth-order valence-electron chi connectivity index (χ4n) is 2.02. The van der Waals surface area contributed by atoms with E-state index < -0.39 is 18.1 Å². The highest BCUT2D eigenvalue weighted by Crippen LogP contribution is 2.08. The van der Waals surface area contributed by atoms with Gasteiger partial charge in [-0.2, -0.15) is 0 Å². The van der Waals surface area contributed by atoms with E-state index >= 15 is 0 Å². The summed E-state index contributed by atoms with van der Waals surface area (Å²) in [6.45, 7) is 0.342. The third kappa shape index (κ3) is 4.91. The number of amides is 1. The van der Waals surface area contributed by atoms with Crippen molar-refractivity contribution in [1.82, 2.24) is 5.32 Å². The number of rotatable bonds is 7. The highest BCUT2D eigenvalue weighted by Gasteiger charge is 2.32. The van der Waals surface area contributed by atoms with Gasteiger partial charge in [-0.15, -0.1) is 0 Å². The molecule has 0 bridgehead atoms. The van der Waals surface area contributed by atoms with Gasteiger partial charge in [0, 0.05) is 6.42 Å². The summed E-state index contributed by atoms with van der Waals surface area (Å²) < 4.78 is 9.39. The number of aryl methyl sites for hydroxylation is 1. The molecule has 1 atom stereocenters. The Morgan fingerprint density at radius 3 is 2.67 bits per heavy atom. The second kappa shape index (κ2) is 7.42. The van der Waals surface area contributed by atoms with Gasteiger partial charge < -0.3 is 14.8 Å². The third-order valence-electron chi connectivity index (χ3n) is 3.12. The van der Waals surface area contributed by atoms with E-state index in [0.717, 1.165) is 12.8 Å². The number of esters is 2. The summed E-state index contributed by atoms with van der Waals surface area (Å²) in [7, 11) is 0. The van der Waals surface area contributed by atoms with E-state index in [-0.39, 0.29) is 18.8 Å². The summed E-state index contributed by atoms with van der Waals surface area (Å²) >= 11 is 0. The van der Waals surface area contributed by atoms with Crippen LogP contribution in [-0.4, -0.2) is 30.7 Å². The second-order valence-corrected chi connectivity index (χ2v) is 4.75. The molecule has 1 aliphatic rings. The molecule has 6 nitrogen and oxygen atoms in total. The molecule has 0 spiro atoms. The maximum absolute atomic E-state index is 11.5. The van der Waals surface area contributed by atoms with Crippen molar-refractivity contribution in [1.29, 1.82) is 0 Å². The van der Waals surface area contributed by atoms with Crippen LogP contribution in [0.15, 0.2) is 30.3 Å². The van der Waals surface area contributed by atoms with Crippen LogP contribution in [0.3, 0.4) is 0 Å². The molecule has 21 heavy (non-hydrogen) atoms. The molecule has 1 amide bonds. The average molecular weight is 291 g/mol. The fourth-order valence-corrected chi connectivity index (χ4v) is 2.02. The van der Waals surface area contributed by atoms with Gasteiger partial charge >= 0.3 is 18.0 Å². The number of cyclic esters (lactones) is 2. The Balaban J connectivity index is 1.58. The SMILES string of the molecule is O=C(CCC1NC(=O)OC1=O)OCCCc1ccccc1. The molecular weight excluding hydrogens is 274 g/mol. The van der Waals surface area contributed by atoms with Gasteiger partial charge in [-0.3, -0.25) is 4.79 Å². The summed E-state index contributed by atoms with van der Waals surface area (Å²) in [5, 5.41) is 2.33. The van der Waals surface area contributed by atoms with Crippen LogP contribution in [0, 0.1) is 0 Å². The van der Waals surface area contributed by atoms with Crippen molar-refractivity contribution in [2.24, 2.45) is 0 Å². The lowest BCUT2D eigenvalue weighted by atomic mass is 10.1. The van der Waals surface area contributed by atoms with Crippen LogP contribution in [0.25, 0.3) is 0 Å². The monoisotopic (exact) mass is 291 g/mol. The number of alkyl carbamates (subject to hydrolysis) is 1. The van der Waals surface area contributed by atoms with Crippen LogP contribution in [0.4, 0.5) is 4.79 Å². The van der Waals surface area contributed by atoms with Crippen LogP contribution in [0.1, 0.15) is 24.8 Å². The summed E-state index contributed by atoms with van der Waals surface area (Å²) in [6.07, 6.45) is 1.10. The third-order valence-corrected chi connectivity index (χ3v) is 3.12. The minimum Gasteiger partial charge on any atom is -0.466 e. The first-order chi connectivity index (χ1) is 10.1. The number of benzene rings is 1. The molecule has 0 aliphatic carbocycles. The summed E-state index contributed by atoms with van der Waals surface area (Å²) in [5.41, 5.74) is 1.20. The Hall–Kier alpha value is -2.37. The molecule has 1 unspecified atom stereocenters. The molecule has 1 aromatic carbocycles. The van der Waals surface area contributed by atoms with Crippen molar-refractivity contribution in [3.63, 3.8) is 0 Å². The zero-order valence-corrected chi connectivity index (χ0v) is 11.5. The zero-order chi connectivity index (χ0) is 15.1. The highest BCUT2D eigenvalue weighted by atomic mass is 16.6. The van der Waals surface area contributed by atoms with Gasteiger partial charge in [0.2, 0.25) is 0 Å². The highest BCUT2D eigenvalue weighted by molar-refractivity contribution is 5.95. The standard InChI is InChI=1S/C15H17NO5/c17-13(9-8-12-14(18)21-15(19)16-12)20-10-4-7-11-5-2-1-3-6-11/h1-3,5-6,12H,4,7-10H2,(H,16,19). The van der Waals surface area contributed by atoms with Gasteiger partial charge in [0.1, 0.15) is 6.04 Å². The molecule has 1 fully saturated rings. The lowest BCUT2D eigenvalue weighted by molar-refractivity contribution is -0.144. The molecule has 1 N–H and O–H groups in total. The van der Waals surface area contributed by atoms with Crippen LogP contribution >= 0.6 is 0 Å². The predicted octanol–water partition coefficient (Wildman–Crippen LogP) is 1.58. The number of hydrogen-bond donors (Lipinski definition) is 1. The summed E-state index contributed by atoms with van der Waals surface area (Å²) in [6, 6.07) is 9.20. The predicted molar refractivity (Wildman–Crippen MR) is 73.4 cm³/mol. The maximum atomic E-state index is 11.5. The number of nitrogens with one attached hydrogen (secondary N) is 1. The number of carbonyl (C=O) groups excluding carboxylic acids is 3. The molecular formula is C15H17NO5. The van der Waals surface area contributed by atoms with Gasteiger partial charge in [0.25, 0.3) is 0 Å². The minimum absolute atomic E-state index is 0.0748. The molecule has 2 rings (SSSR count). The van der Waals surface area contributed by atoms with E-state index in [1.54, 1.807) is 0 Å². The quantitative estimate of drug-likeness (QED) is 0.468. The van der Waals surface area contributed by atoms with Gasteiger partial charge in [-0.25, -0.2) is 9.59 Å². The van der Waals surface area contributed by atoms with Crippen LogP contribution in [-0.2, 0) is 25.5 Å². The number of carbonyl (C=O) groups is 3. The molecule has 0 aromatic heterocycles. The molecule has 1 heterocycles. The van der Waals surface area contributed by atoms with Gasteiger partial charge in [-0.05, 0) is 24.8 Å². The smallest absolute Gasteiger partial charge is 0.415 e. The normalized spacial score (nSPS) is 17.2. The topological polar surface area (TPSA) is 81.7 Å². The lowest BCUT2D eigenvalue weighted by Gasteiger charge is -2.07. The second-order valence-electron chi connectivity index (χ2n) is 4.75. The molecule has 1 aliphatic heterocycles. The first-order valence-corrected chi connectivity index (χ1v) is 6.87. The van der Waals surface area contributed by atoms with Crippen molar-refractivity contribution in [3.8, 4) is 0 Å².